The van der Waals surface area contributed by atoms with Crippen LogP contribution in [0.4, 0.5) is 5.69 Å². The number of amides is 2. The molecular weight excluding hydrogens is 252 g/mol. The molecule has 0 aliphatic carbocycles. The third kappa shape index (κ3) is 2.55. The maximum atomic E-state index is 12.6. The van der Waals surface area contributed by atoms with Crippen LogP contribution >= 0.6 is 0 Å². The molecule has 0 bridgehead atoms. The summed E-state index contributed by atoms with van der Waals surface area (Å²) in [4.78, 5) is 26.5. The molecule has 1 aromatic carbocycles. The SMILES string of the molecule is CCC1NC(=O)C(CC)N(c2cc(C)cc(C)c2)C1=O. The first kappa shape index (κ1) is 14.6. The first-order valence-electron chi connectivity index (χ1n) is 7.19. The minimum Gasteiger partial charge on any atom is -0.342 e. The van der Waals surface area contributed by atoms with E-state index < -0.39 is 12.1 Å². The summed E-state index contributed by atoms with van der Waals surface area (Å²) in [6.45, 7) is 7.85. The average Bonchev–Trinajstić information content (AvgIpc) is 2.39. The minimum atomic E-state index is -0.411. The largest absolute Gasteiger partial charge is 0.342 e. The summed E-state index contributed by atoms with van der Waals surface area (Å²) in [6, 6.07) is 5.19. The molecule has 1 aliphatic rings. The van der Waals surface area contributed by atoms with E-state index in [2.05, 4.69) is 11.4 Å². The van der Waals surface area contributed by atoms with Gasteiger partial charge in [-0.15, -0.1) is 0 Å². The Balaban J connectivity index is 2.47. The average molecular weight is 274 g/mol. The zero-order valence-corrected chi connectivity index (χ0v) is 12.6. The van der Waals surface area contributed by atoms with Gasteiger partial charge in [-0.2, -0.15) is 0 Å². The first-order chi connectivity index (χ1) is 9.47. The van der Waals surface area contributed by atoms with Gasteiger partial charge in [0.25, 0.3) is 0 Å². The summed E-state index contributed by atoms with van der Waals surface area (Å²) in [5.74, 6) is -0.0675. The van der Waals surface area contributed by atoms with Crippen LogP contribution in [0.3, 0.4) is 0 Å². The molecule has 2 unspecified atom stereocenters. The quantitative estimate of drug-likeness (QED) is 0.919. The lowest BCUT2D eigenvalue weighted by Crippen LogP contribution is -2.63. The predicted molar refractivity (Wildman–Crippen MR) is 79.7 cm³/mol. The zero-order chi connectivity index (χ0) is 14.9. The maximum Gasteiger partial charge on any atom is 0.250 e. The molecule has 0 radical (unpaired) electrons. The first-order valence-corrected chi connectivity index (χ1v) is 7.19. The van der Waals surface area contributed by atoms with Gasteiger partial charge in [-0.3, -0.25) is 14.5 Å². The van der Waals surface area contributed by atoms with Crippen LogP contribution in [0.2, 0.25) is 0 Å². The molecule has 1 saturated heterocycles. The topological polar surface area (TPSA) is 49.4 Å². The van der Waals surface area contributed by atoms with Crippen molar-refractivity contribution < 1.29 is 9.59 Å². The molecule has 108 valence electrons. The number of aryl methyl sites for hydroxylation is 2. The molecular formula is C16H22N2O2. The highest BCUT2D eigenvalue weighted by Crippen LogP contribution is 2.26. The minimum absolute atomic E-state index is 0.0102. The van der Waals surface area contributed by atoms with E-state index in [1.165, 1.54) is 0 Å². The van der Waals surface area contributed by atoms with E-state index in [1.807, 2.05) is 39.8 Å². The van der Waals surface area contributed by atoms with Crippen LogP contribution in [0.5, 0.6) is 0 Å². The Morgan fingerprint density at radius 2 is 1.65 bits per heavy atom. The Kier molecular flexibility index (Phi) is 4.12. The number of benzene rings is 1. The van der Waals surface area contributed by atoms with E-state index in [4.69, 9.17) is 0 Å². The van der Waals surface area contributed by atoms with Crippen molar-refractivity contribution in [1.29, 1.82) is 0 Å². The predicted octanol–water partition coefficient (Wildman–Crippen LogP) is 2.32. The van der Waals surface area contributed by atoms with Gasteiger partial charge in [0.05, 0.1) is 0 Å². The monoisotopic (exact) mass is 274 g/mol. The molecule has 2 atom stereocenters. The number of carbonyl (C=O) groups is 2. The van der Waals surface area contributed by atoms with Gasteiger partial charge in [0.15, 0.2) is 0 Å². The van der Waals surface area contributed by atoms with Crippen molar-refractivity contribution >= 4 is 17.5 Å². The van der Waals surface area contributed by atoms with Gasteiger partial charge < -0.3 is 5.32 Å². The second-order valence-electron chi connectivity index (χ2n) is 5.45. The fourth-order valence-electron chi connectivity index (χ4n) is 2.81. The van der Waals surface area contributed by atoms with Crippen LogP contribution in [0.1, 0.15) is 37.8 Å². The highest BCUT2D eigenvalue weighted by Gasteiger charge is 2.39. The third-order valence-corrected chi connectivity index (χ3v) is 3.75. The van der Waals surface area contributed by atoms with Gasteiger partial charge >= 0.3 is 0 Å². The van der Waals surface area contributed by atoms with E-state index >= 15 is 0 Å². The molecule has 0 aromatic heterocycles. The van der Waals surface area contributed by atoms with Crippen LogP contribution in [0.25, 0.3) is 0 Å². The molecule has 1 aromatic rings. The van der Waals surface area contributed by atoms with E-state index in [0.717, 1.165) is 16.8 Å². The number of hydrogen-bond donors (Lipinski definition) is 1. The third-order valence-electron chi connectivity index (χ3n) is 3.75. The molecule has 1 N–H and O–H groups in total. The van der Waals surface area contributed by atoms with Crippen LogP contribution in [0.15, 0.2) is 18.2 Å². The van der Waals surface area contributed by atoms with Crippen molar-refractivity contribution in [3.63, 3.8) is 0 Å². The Morgan fingerprint density at radius 3 is 2.15 bits per heavy atom. The van der Waals surface area contributed by atoms with Crippen molar-refractivity contribution in [2.24, 2.45) is 0 Å². The molecule has 1 heterocycles. The number of anilines is 1. The number of piperazine rings is 1. The number of nitrogens with one attached hydrogen (secondary N) is 1. The van der Waals surface area contributed by atoms with Gasteiger partial charge in [-0.1, -0.05) is 19.9 Å². The highest BCUT2D eigenvalue weighted by molar-refractivity contribution is 6.08. The zero-order valence-electron chi connectivity index (χ0n) is 12.6. The molecule has 4 nitrogen and oxygen atoms in total. The van der Waals surface area contributed by atoms with Gasteiger partial charge in [0.1, 0.15) is 12.1 Å². The van der Waals surface area contributed by atoms with Crippen LogP contribution in [-0.2, 0) is 9.59 Å². The molecule has 1 aliphatic heterocycles. The van der Waals surface area contributed by atoms with Crippen molar-refractivity contribution in [2.75, 3.05) is 4.90 Å². The van der Waals surface area contributed by atoms with Gasteiger partial charge in [-0.05, 0) is 49.9 Å². The van der Waals surface area contributed by atoms with Gasteiger partial charge in [0, 0.05) is 5.69 Å². The fraction of sp³-hybridized carbons (Fsp3) is 0.500. The van der Waals surface area contributed by atoms with E-state index in [9.17, 15) is 9.59 Å². The maximum absolute atomic E-state index is 12.6. The number of hydrogen-bond acceptors (Lipinski definition) is 2. The lowest BCUT2D eigenvalue weighted by molar-refractivity contribution is -0.134. The Labute approximate surface area is 120 Å². The smallest absolute Gasteiger partial charge is 0.250 e. The van der Waals surface area contributed by atoms with E-state index in [0.29, 0.717) is 12.8 Å². The summed E-state index contributed by atoms with van der Waals surface area (Å²) in [5, 5.41) is 2.82. The number of nitrogens with zero attached hydrogens (tertiary/aromatic N) is 1. The fourth-order valence-corrected chi connectivity index (χ4v) is 2.81. The standard InChI is InChI=1S/C16H22N2O2/c1-5-13-16(20)18(14(6-2)15(19)17-13)12-8-10(3)7-11(4)9-12/h7-9,13-14H,5-6H2,1-4H3,(H,17,19). The second-order valence-corrected chi connectivity index (χ2v) is 5.45. The molecule has 1 fully saturated rings. The number of rotatable bonds is 3. The summed E-state index contributed by atoms with van der Waals surface area (Å²) in [5.41, 5.74) is 3.02. The molecule has 20 heavy (non-hydrogen) atoms. The van der Waals surface area contributed by atoms with Crippen molar-refractivity contribution in [3.8, 4) is 0 Å². The van der Waals surface area contributed by atoms with E-state index in [-0.39, 0.29) is 11.8 Å². The second kappa shape index (κ2) is 5.65. The molecule has 2 rings (SSSR count). The van der Waals surface area contributed by atoms with Gasteiger partial charge in [-0.25, -0.2) is 0 Å². The van der Waals surface area contributed by atoms with Crippen molar-refractivity contribution in [2.45, 2.75) is 52.6 Å². The van der Waals surface area contributed by atoms with E-state index in [1.54, 1.807) is 4.90 Å². The van der Waals surface area contributed by atoms with Crippen molar-refractivity contribution in [3.05, 3.63) is 29.3 Å². The molecule has 0 saturated carbocycles. The summed E-state index contributed by atoms with van der Waals surface area (Å²) in [7, 11) is 0. The summed E-state index contributed by atoms with van der Waals surface area (Å²) < 4.78 is 0. The Morgan fingerprint density at radius 1 is 1.05 bits per heavy atom. The van der Waals surface area contributed by atoms with Crippen LogP contribution in [-0.4, -0.2) is 23.9 Å². The lowest BCUT2D eigenvalue weighted by atomic mass is 10.0. The van der Waals surface area contributed by atoms with Crippen molar-refractivity contribution in [1.82, 2.24) is 5.32 Å². The summed E-state index contributed by atoms with van der Waals surface area (Å²) >= 11 is 0. The lowest BCUT2D eigenvalue weighted by Gasteiger charge is -2.38. The van der Waals surface area contributed by atoms with Crippen LogP contribution < -0.4 is 10.2 Å². The molecule has 2 amide bonds. The molecule has 0 spiro atoms. The Bertz CT molecular complexity index is 519. The van der Waals surface area contributed by atoms with Gasteiger partial charge in [0.2, 0.25) is 11.8 Å². The highest BCUT2D eigenvalue weighted by atomic mass is 16.2. The Hall–Kier alpha value is -1.84. The normalized spacial score (nSPS) is 22.9. The molecule has 4 heteroatoms. The number of carbonyl (C=O) groups excluding carboxylic acids is 2. The summed E-state index contributed by atoms with van der Waals surface area (Å²) in [6.07, 6.45) is 1.23. The van der Waals surface area contributed by atoms with Crippen LogP contribution in [0, 0.1) is 13.8 Å².